The van der Waals surface area contributed by atoms with Crippen LogP contribution < -0.4 is 10.2 Å². The molecule has 0 aliphatic carbocycles. The van der Waals surface area contributed by atoms with Gasteiger partial charge < -0.3 is 4.74 Å². The number of amides is 1. The van der Waals surface area contributed by atoms with E-state index < -0.39 is 10.8 Å². The van der Waals surface area contributed by atoms with Gasteiger partial charge in [-0.05, 0) is 23.6 Å². The number of hydrazone groups is 1. The molecule has 0 saturated carbocycles. The van der Waals surface area contributed by atoms with Crippen molar-refractivity contribution in [3.05, 3.63) is 56.8 Å². The number of benzene rings is 1. The number of ether oxygens (including phenoxy) is 1. The van der Waals surface area contributed by atoms with Crippen LogP contribution in [0.1, 0.15) is 4.88 Å². The highest BCUT2D eigenvalue weighted by molar-refractivity contribution is 7.11. The molecule has 1 aromatic heterocycles. The molecule has 0 atom stereocenters. The van der Waals surface area contributed by atoms with Gasteiger partial charge in [0.25, 0.3) is 11.6 Å². The number of rotatable bonds is 6. The van der Waals surface area contributed by atoms with Crippen LogP contribution in [0.25, 0.3) is 0 Å². The van der Waals surface area contributed by atoms with Gasteiger partial charge in [0, 0.05) is 17.0 Å². The molecule has 0 bridgehead atoms. The van der Waals surface area contributed by atoms with Gasteiger partial charge in [-0.1, -0.05) is 6.07 Å². The second kappa shape index (κ2) is 7.15. The molecule has 21 heavy (non-hydrogen) atoms. The number of nitrogens with zero attached hydrogens (tertiary/aromatic N) is 2. The van der Waals surface area contributed by atoms with Gasteiger partial charge >= 0.3 is 0 Å². The van der Waals surface area contributed by atoms with E-state index >= 15 is 0 Å². The van der Waals surface area contributed by atoms with Crippen LogP contribution in [0.5, 0.6) is 5.75 Å². The monoisotopic (exact) mass is 305 g/mol. The minimum absolute atomic E-state index is 0.0349. The Labute approximate surface area is 124 Å². The fourth-order valence-electron chi connectivity index (χ4n) is 1.38. The molecule has 0 fully saturated rings. The Balaban J connectivity index is 1.77. The molecule has 8 heteroatoms. The van der Waals surface area contributed by atoms with Crippen LogP contribution in [0.4, 0.5) is 5.69 Å². The topological polar surface area (TPSA) is 93.8 Å². The molecule has 1 N–H and O–H groups in total. The van der Waals surface area contributed by atoms with Crippen molar-refractivity contribution in [1.29, 1.82) is 0 Å². The lowest BCUT2D eigenvalue weighted by Gasteiger charge is -2.04. The largest absolute Gasteiger partial charge is 0.484 e. The second-order valence-electron chi connectivity index (χ2n) is 3.85. The van der Waals surface area contributed by atoms with Crippen LogP contribution in [-0.4, -0.2) is 23.7 Å². The van der Waals surface area contributed by atoms with Crippen molar-refractivity contribution in [3.8, 4) is 5.75 Å². The molecule has 0 spiro atoms. The summed E-state index contributed by atoms with van der Waals surface area (Å²) in [4.78, 5) is 22.4. The zero-order chi connectivity index (χ0) is 15.1. The first-order chi connectivity index (χ1) is 10.1. The number of nitro benzene ring substituents is 1. The second-order valence-corrected chi connectivity index (χ2v) is 4.83. The van der Waals surface area contributed by atoms with Crippen molar-refractivity contribution < 1.29 is 14.5 Å². The third-order valence-corrected chi connectivity index (χ3v) is 3.15. The summed E-state index contributed by atoms with van der Waals surface area (Å²) in [6, 6.07) is 9.23. The first-order valence-corrected chi connectivity index (χ1v) is 6.76. The van der Waals surface area contributed by atoms with E-state index in [0.29, 0.717) is 5.75 Å². The first kappa shape index (κ1) is 14.7. The molecule has 0 aliphatic rings. The predicted octanol–water partition coefficient (Wildman–Crippen LogP) is 2.19. The van der Waals surface area contributed by atoms with Crippen molar-refractivity contribution in [3.63, 3.8) is 0 Å². The molecule has 2 rings (SSSR count). The molecule has 0 aliphatic heterocycles. The molecular formula is C13H11N3O4S. The molecule has 0 saturated heterocycles. The van der Waals surface area contributed by atoms with Crippen LogP contribution in [0.3, 0.4) is 0 Å². The van der Waals surface area contributed by atoms with E-state index in [1.54, 1.807) is 0 Å². The van der Waals surface area contributed by atoms with Gasteiger partial charge in [-0.15, -0.1) is 11.3 Å². The summed E-state index contributed by atoms with van der Waals surface area (Å²) in [5.41, 5.74) is 2.29. The molecule has 1 amide bonds. The van der Waals surface area contributed by atoms with E-state index in [4.69, 9.17) is 4.74 Å². The fourth-order valence-corrected chi connectivity index (χ4v) is 1.96. The molecule has 7 nitrogen and oxygen atoms in total. The standard InChI is InChI=1S/C13H11N3O4S/c17-13(15-14-8-12-2-1-7-21-12)9-20-11-5-3-10(4-6-11)16(18)19/h1-8H,9H2,(H,15,17)/b14-8-. The number of nitro groups is 1. The molecule has 0 unspecified atom stereocenters. The minimum Gasteiger partial charge on any atom is -0.484 e. The average Bonchev–Trinajstić information content (AvgIpc) is 2.99. The molecule has 1 heterocycles. The van der Waals surface area contributed by atoms with Gasteiger partial charge in [0.2, 0.25) is 0 Å². The lowest BCUT2D eigenvalue weighted by Crippen LogP contribution is -2.24. The van der Waals surface area contributed by atoms with Gasteiger partial charge in [-0.25, -0.2) is 5.43 Å². The van der Waals surface area contributed by atoms with Crippen molar-refractivity contribution in [2.45, 2.75) is 0 Å². The smallest absolute Gasteiger partial charge is 0.277 e. The molecular weight excluding hydrogens is 294 g/mol. The summed E-state index contributed by atoms with van der Waals surface area (Å²) in [5, 5.41) is 16.2. The Morgan fingerprint density at radius 3 is 2.76 bits per heavy atom. The fraction of sp³-hybridized carbons (Fsp3) is 0.0769. The summed E-state index contributed by atoms with van der Waals surface area (Å²) < 4.78 is 5.18. The summed E-state index contributed by atoms with van der Waals surface area (Å²) in [5.74, 6) is -0.0425. The normalized spacial score (nSPS) is 10.5. The van der Waals surface area contributed by atoms with E-state index in [9.17, 15) is 14.9 Å². The molecule has 1 aromatic carbocycles. The van der Waals surface area contributed by atoms with E-state index in [2.05, 4.69) is 10.5 Å². The highest BCUT2D eigenvalue weighted by Gasteiger charge is 2.06. The predicted molar refractivity (Wildman–Crippen MR) is 78.6 cm³/mol. The Morgan fingerprint density at radius 1 is 1.38 bits per heavy atom. The molecule has 0 radical (unpaired) electrons. The maximum atomic E-state index is 11.5. The number of hydrogen-bond acceptors (Lipinski definition) is 6. The highest BCUT2D eigenvalue weighted by Crippen LogP contribution is 2.16. The summed E-state index contributed by atoms with van der Waals surface area (Å²) in [7, 11) is 0. The van der Waals surface area contributed by atoms with Gasteiger partial charge in [0.15, 0.2) is 6.61 Å². The van der Waals surface area contributed by atoms with Crippen molar-refractivity contribution in [2.24, 2.45) is 5.10 Å². The van der Waals surface area contributed by atoms with Crippen LogP contribution in [0.15, 0.2) is 46.9 Å². The minimum atomic E-state index is -0.504. The van der Waals surface area contributed by atoms with Gasteiger partial charge in [-0.2, -0.15) is 5.10 Å². The quantitative estimate of drug-likeness (QED) is 0.503. The van der Waals surface area contributed by atoms with Gasteiger partial charge in [-0.3, -0.25) is 14.9 Å². The van der Waals surface area contributed by atoms with Gasteiger partial charge in [0.05, 0.1) is 11.1 Å². The number of thiophene rings is 1. The van der Waals surface area contributed by atoms with Crippen LogP contribution in [0.2, 0.25) is 0 Å². The maximum absolute atomic E-state index is 11.5. The first-order valence-electron chi connectivity index (χ1n) is 5.88. The zero-order valence-corrected chi connectivity index (χ0v) is 11.6. The lowest BCUT2D eigenvalue weighted by atomic mass is 10.3. The van der Waals surface area contributed by atoms with Crippen molar-refractivity contribution in [2.75, 3.05) is 6.61 Å². The number of nitrogens with one attached hydrogen (secondary N) is 1. The van der Waals surface area contributed by atoms with Crippen LogP contribution >= 0.6 is 11.3 Å². The Morgan fingerprint density at radius 2 is 2.14 bits per heavy atom. The molecule has 2 aromatic rings. The highest BCUT2D eigenvalue weighted by atomic mass is 32.1. The Hall–Kier alpha value is -2.74. The van der Waals surface area contributed by atoms with E-state index in [0.717, 1.165) is 4.88 Å². The van der Waals surface area contributed by atoms with Crippen molar-refractivity contribution >= 4 is 29.1 Å². The SMILES string of the molecule is O=C(COc1ccc([N+](=O)[O-])cc1)N/N=C\c1cccs1. The molecule has 108 valence electrons. The van der Waals surface area contributed by atoms with Crippen LogP contribution in [0, 0.1) is 10.1 Å². The van der Waals surface area contributed by atoms with Crippen LogP contribution in [-0.2, 0) is 4.79 Å². The Bertz CT molecular complexity index is 638. The van der Waals surface area contributed by atoms with Crippen molar-refractivity contribution in [1.82, 2.24) is 5.43 Å². The van der Waals surface area contributed by atoms with E-state index in [1.165, 1.54) is 41.8 Å². The summed E-state index contributed by atoms with van der Waals surface area (Å²) in [6.07, 6.45) is 1.54. The summed E-state index contributed by atoms with van der Waals surface area (Å²) >= 11 is 1.50. The third-order valence-electron chi connectivity index (χ3n) is 2.34. The lowest BCUT2D eigenvalue weighted by molar-refractivity contribution is -0.384. The average molecular weight is 305 g/mol. The Kier molecular flexibility index (Phi) is 4.99. The number of hydrogen-bond donors (Lipinski definition) is 1. The van der Waals surface area contributed by atoms with E-state index in [-0.39, 0.29) is 12.3 Å². The number of non-ortho nitro benzene ring substituents is 1. The number of carbonyl (C=O) groups is 1. The van der Waals surface area contributed by atoms with Gasteiger partial charge in [0.1, 0.15) is 5.75 Å². The third kappa shape index (κ3) is 4.69. The van der Waals surface area contributed by atoms with E-state index in [1.807, 2.05) is 17.5 Å². The zero-order valence-electron chi connectivity index (χ0n) is 10.8. The maximum Gasteiger partial charge on any atom is 0.277 e. The number of carbonyl (C=O) groups excluding carboxylic acids is 1. The summed E-state index contributed by atoms with van der Waals surface area (Å²) in [6.45, 7) is -0.223.